The van der Waals surface area contributed by atoms with Gasteiger partial charge in [-0.15, -0.1) is 0 Å². The Hall–Kier alpha value is -1.12. The Labute approximate surface area is 107 Å². The molecule has 2 N–H and O–H groups in total. The van der Waals surface area contributed by atoms with Crippen molar-refractivity contribution in [2.75, 3.05) is 5.73 Å². The number of aromatic nitrogens is 2. The lowest BCUT2D eigenvalue weighted by atomic mass is 9.98. The number of rotatable bonds is 2. The molecule has 0 aliphatic carbocycles. The molecule has 0 aliphatic heterocycles. The molecule has 3 nitrogen and oxygen atoms in total. The van der Waals surface area contributed by atoms with Gasteiger partial charge in [0.25, 0.3) is 0 Å². The van der Waals surface area contributed by atoms with Gasteiger partial charge in [-0.3, -0.25) is 0 Å². The van der Waals surface area contributed by atoms with Crippen molar-refractivity contribution in [3.8, 4) is 0 Å². The molecule has 1 heterocycles. The monoisotopic (exact) mass is 239 g/mol. The first-order valence-electron chi connectivity index (χ1n) is 6.69. The second-order valence-electron chi connectivity index (χ2n) is 3.54. The number of hydrogen-bond acceptors (Lipinski definition) is 3. The molecule has 3 heteroatoms. The molecule has 0 fully saturated rings. The fourth-order valence-corrected chi connectivity index (χ4v) is 1.68. The van der Waals surface area contributed by atoms with Crippen LogP contribution >= 0.6 is 0 Å². The van der Waals surface area contributed by atoms with Crippen LogP contribution in [0.5, 0.6) is 0 Å². The summed E-state index contributed by atoms with van der Waals surface area (Å²) >= 11 is 0. The van der Waals surface area contributed by atoms with Crippen molar-refractivity contribution in [3.63, 3.8) is 0 Å². The number of hydrogen-bond donors (Lipinski definition) is 1. The fourth-order valence-electron chi connectivity index (χ4n) is 1.68. The van der Waals surface area contributed by atoms with Crippen molar-refractivity contribution < 1.29 is 0 Å². The number of nitrogen functional groups attached to an aromatic ring is 1. The van der Waals surface area contributed by atoms with E-state index in [4.69, 9.17) is 5.73 Å². The molecule has 100 valence electrons. The fraction of sp³-hybridized carbons (Fsp3) is 0.714. The van der Waals surface area contributed by atoms with E-state index in [0.717, 1.165) is 17.8 Å². The standard InChI is InChI=1S/C10H17N3.2C2H6/c1-5-8-9(6(2)3)7(4)12-10(11)13-8;2*1-2/h6H,5H2,1-4H3,(H2,11,12,13);2*1-2H3. The Kier molecular flexibility index (Phi) is 10.8. The third-order valence-electron chi connectivity index (χ3n) is 2.14. The highest BCUT2D eigenvalue weighted by atomic mass is 15.0. The first-order chi connectivity index (χ1) is 8.06. The van der Waals surface area contributed by atoms with Crippen LogP contribution in [0, 0.1) is 6.92 Å². The smallest absolute Gasteiger partial charge is 0.220 e. The molecule has 1 aromatic rings. The zero-order chi connectivity index (χ0) is 14.0. The highest BCUT2D eigenvalue weighted by Gasteiger charge is 2.11. The molecule has 0 saturated carbocycles. The molecule has 0 radical (unpaired) electrons. The summed E-state index contributed by atoms with van der Waals surface area (Å²) in [5, 5.41) is 0. The SMILES string of the molecule is CC.CC.CCc1nc(N)nc(C)c1C(C)C. The van der Waals surface area contributed by atoms with Crippen LogP contribution < -0.4 is 5.73 Å². The third-order valence-corrected chi connectivity index (χ3v) is 2.14. The molecule has 0 aliphatic rings. The first-order valence-corrected chi connectivity index (χ1v) is 6.69. The van der Waals surface area contributed by atoms with E-state index >= 15 is 0 Å². The van der Waals surface area contributed by atoms with E-state index in [1.54, 1.807) is 0 Å². The van der Waals surface area contributed by atoms with Gasteiger partial charge in [0, 0.05) is 11.4 Å². The van der Waals surface area contributed by atoms with Crippen molar-refractivity contribution in [2.24, 2.45) is 0 Å². The van der Waals surface area contributed by atoms with Crippen molar-refractivity contribution >= 4 is 5.95 Å². The number of nitrogens with two attached hydrogens (primary N) is 1. The number of nitrogens with zero attached hydrogens (tertiary/aromatic N) is 2. The molecule has 1 aromatic heterocycles. The minimum atomic E-state index is 0.388. The van der Waals surface area contributed by atoms with Crippen LogP contribution in [0.3, 0.4) is 0 Å². The van der Waals surface area contributed by atoms with Crippen LogP contribution in [0.1, 0.15) is 71.3 Å². The summed E-state index contributed by atoms with van der Waals surface area (Å²) in [4.78, 5) is 8.41. The molecule has 0 bridgehead atoms. The topological polar surface area (TPSA) is 51.8 Å². The highest BCUT2D eigenvalue weighted by molar-refractivity contribution is 5.33. The summed E-state index contributed by atoms with van der Waals surface area (Å²) in [7, 11) is 0. The Balaban J connectivity index is 0. The minimum Gasteiger partial charge on any atom is -0.368 e. The van der Waals surface area contributed by atoms with Gasteiger partial charge in [0.2, 0.25) is 5.95 Å². The van der Waals surface area contributed by atoms with Gasteiger partial charge in [-0.2, -0.15) is 0 Å². The largest absolute Gasteiger partial charge is 0.368 e. The predicted octanol–water partition coefficient (Wildman–Crippen LogP) is 4.11. The molecule has 0 aromatic carbocycles. The van der Waals surface area contributed by atoms with Crippen LogP contribution in [-0.4, -0.2) is 9.97 Å². The van der Waals surface area contributed by atoms with Crippen LogP contribution in [0.15, 0.2) is 0 Å². The lowest BCUT2D eigenvalue weighted by molar-refractivity contribution is 0.797. The Bertz CT molecular complexity index is 307. The van der Waals surface area contributed by atoms with Gasteiger partial charge in [0.15, 0.2) is 0 Å². The zero-order valence-electron chi connectivity index (χ0n) is 12.8. The maximum atomic E-state index is 5.58. The van der Waals surface area contributed by atoms with Crippen LogP contribution in [0.2, 0.25) is 0 Å². The summed E-state index contributed by atoms with van der Waals surface area (Å²) in [5.41, 5.74) is 8.93. The maximum Gasteiger partial charge on any atom is 0.220 e. The molecule has 1 rings (SSSR count). The molecule has 0 unspecified atom stereocenters. The van der Waals surface area contributed by atoms with E-state index in [1.807, 2.05) is 34.6 Å². The quantitative estimate of drug-likeness (QED) is 0.845. The summed E-state index contributed by atoms with van der Waals surface area (Å²) in [5.74, 6) is 0.856. The van der Waals surface area contributed by atoms with E-state index in [-0.39, 0.29) is 0 Å². The molecule has 0 saturated heterocycles. The second kappa shape index (κ2) is 10.1. The van der Waals surface area contributed by atoms with Gasteiger partial charge in [-0.1, -0.05) is 48.5 Å². The average molecular weight is 239 g/mol. The van der Waals surface area contributed by atoms with E-state index in [1.165, 1.54) is 5.56 Å². The van der Waals surface area contributed by atoms with Gasteiger partial charge in [0.05, 0.1) is 0 Å². The minimum absolute atomic E-state index is 0.388. The normalized spacial score (nSPS) is 9.00. The second-order valence-corrected chi connectivity index (χ2v) is 3.54. The Morgan fingerprint density at radius 2 is 1.53 bits per heavy atom. The van der Waals surface area contributed by atoms with Crippen molar-refractivity contribution in [1.29, 1.82) is 0 Å². The van der Waals surface area contributed by atoms with Crippen LogP contribution in [-0.2, 0) is 6.42 Å². The number of anilines is 1. The van der Waals surface area contributed by atoms with E-state index in [9.17, 15) is 0 Å². The first kappa shape index (κ1) is 18.3. The van der Waals surface area contributed by atoms with Crippen molar-refractivity contribution in [1.82, 2.24) is 9.97 Å². The summed E-state index contributed by atoms with van der Waals surface area (Å²) < 4.78 is 0. The van der Waals surface area contributed by atoms with Gasteiger partial charge >= 0.3 is 0 Å². The van der Waals surface area contributed by atoms with E-state index < -0.39 is 0 Å². The van der Waals surface area contributed by atoms with Crippen molar-refractivity contribution in [2.45, 2.75) is 67.7 Å². The van der Waals surface area contributed by atoms with Crippen LogP contribution in [0.4, 0.5) is 5.95 Å². The lowest BCUT2D eigenvalue weighted by Crippen LogP contribution is -2.07. The molecule has 0 amide bonds. The lowest BCUT2D eigenvalue weighted by Gasteiger charge is -2.13. The molecule has 0 atom stereocenters. The van der Waals surface area contributed by atoms with E-state index in [2.05, 4.69) is 30.7 Å². The zero-order valence-corrected chi connectivity index (χ0v) is 12.8. The highest BCUT2D eigenvalue weighted by Crippen LogP contribution is 2.21. The molecule has 0 spiro atoms. The number of aryl methyl sites for hydroxylation is 2. The predicted molar refractivity (Wildman–Crippen MR) is 77.3 cm³/mol. The summed E-state index contributed by atoms with van der Waals surface area (Å²) in [6, 6.07) is 0. The molecule has 17 heavy (non-hydrogen) atoms. The van der Waals surface area contributed by atoms with Crippen molar-refractivity contribution in [3.05, 3.63) is 17.0 Å². The summed E-state index contributed by atoms with van der Waals surface area (Å²) in [6.45, 7) is 16.4. The van der Waals surface area contributed by atoms with Gasteiger partial charge in [-0.25, -0.2) is 9.97 Å². The summed E-state index contributed by atoms with van der Waals surface area (Å²) in [6.07, 6.45) is 0.918. The van der Waals surface area contributed by atoms with Gasteiger partial charge in [-0.05, 0) is 24.8 Å². The maximum absolute atomic E-state index is 5.58. The average Bonchev–Trinajstić information content (AvgIpc) is 2.32. The molecular weight excluding hydrogens is 210 g/mol. The van der Waals surface area contributed by atoms with Gasteiger partial charge in [0.1, 0.15) is 0 Å². The Morgan fingerprint density at radius 3 is 1.88 bits per heavy atom. The van der Waals surface area contributed by atoms with E-state index in [0.29, 0.717) is 11.9 Å². The molecular formula is C14H29N3. The third kappa shape index (κ3) is 5.66. The van der Waals surface area contributed by atoms with Gasteiger partial charge < -0.3 is 5.73 Å². The van der Waals surface area contributed by atoms with Crippen LogP contribution in [0.25, 0.3) is 0 Å². The Morgan fingerprint density at radius 1 is 1.06 bits per heavy atom.